The second-order valence-electron chi connectivity index (χ2n) is 4.65. The maximum atomic E-state index is 9.57. The highest BCUT2D eigenvalue weighted by atomic mass is 32.1. The Kier molecular flexibility index (Phi) is 3.14. The molecule has 1 aromatic rings. The summed E-state index contributed by atoms with van der Waals surface area (Å²) in [5, 5.41) is 11.7. The molecule has 1 aliphatic rings. The van der Waals surface area contributed by atoms with Crippen molar-refractivity contribution in [3.8, 4) is 0 Å². The number of nitrogens with two attached hydrogens (primary N) is 1. The van der Waals surface area contributed by atoms with Gasteiger partial charge in [-0.15, -0.1) is 11.3 Å². The van der Waals surface area contributed by atoms with Gasteiger partial charge in [0.15, 0.2) is 0 Å². The summed E-state index contributed by atoms with van der Waals surface area (Å²) in [4.78, 5) is 1.44. The van der Waals surface area contributed by atoms with Crippen molar-refractivity contribution in [3.63, 3.8) is 0 Å². The first-order valence-electron chi connectivity index (χ1n) is 5.61. The fraction of sp³-hybridized carbons (Fsp3) is 0.667. The Morgan fingerprint density at radius 3 is 2.67 bits per heavy atom. The van der Waals surface area contributed by atoms with Crippen LogP contribution in [-0.2, 0) is 5.41 Å². The first-order valence-corrected chi connectivity index (χ1v) is 6.49. The van der Waals surface area contributed by atoms with Gasteiger partial charge in [0.1, 0.15) is 0 Å². The third kappa shape index (κ3) is 1.96. The van der Waals surface area contributed by atoms with E-state index in [0.717, 1.165) is 25.7 Å². The highest BCUT2D eigenvalue weighted by Crippen LogP contribution is 2.42. The summed E-state index contributed by atoms with van der Waals surface area (Å²) in [6.45, 7) is 2.87. The van der Waals surface area contributed by atoms with Gasteiger partial charge in [-0.1, -0.05) is 0 Å². The molecule has 0 amide bonds. The predicted octanol–water partition coefficient (Wildman–Crippen LogP) is 2.19. The van der Waals surface area contributed by atoms with Crippen LogP contribution in [0.15, 0.2) is 11.4 Å². The number of aryl methyl sites for hydroxylation is 1. The molecule has 0 saturated heterocycles. The molecule has 84 valence electrons. The van der Waals surface area contributed by atoms with Gasteiger partial charge in [-0.3, -0.25) is 0 Å². The number of aliphatic hydroxyl groups is 1. The molecule has 1 aromatic heterocycles. The van der Waals surface area contributed by atoms with Gasteiger partial charge < -0.3 is 10.8 Å². The molecule has 0 radical (unpaired) electrons. The van der Waals surface area contributed by atoms with Crippen molar-refractivity contribution in [2.45, 2.75) is 44.1 Å². The number of hydrogen-bond acceptors (Lipinski definition) is 3. The van der Waals surface area contributed by atoms with Crippen LogP contribution < -0.4 is 5.73 Å². The lowest BCUT2D eigenvalue weighted by molar-refractivity contribution is 0.0983. The number of rotatable bonds is 2. The third-order valence-electron chi connectivity index (χ3n) is 3.65. The van der Waals surface area contributed by atoms with E-state index in [1.54, 1.807) is 0 Å². The van der Waals surface area contributed by atoms with Gasteiger partial charge in [0, 0.05) is 16.8 Å². The minimum absolute atomic E-state index is 0.107. The average Bonchev–Trinajstić information content (AvgIpc) is 2.67. The van der Waals surface area contributed by atoms with Crippen molar-refractivity contribution >= 4 is 11.3 Å². The summed E-state index contributed by atoms with van der Waals surface area (Å²) in [6.07, 6.45) is 3.76. The van der Waals surface area contributed by atoms with E-state index in [2.05, 4.69) is 18.4 Å². The van der Waals surface area contributed by atoms with Gasteiger partial charge in [0.2, 0.25) is 0 Å². The molecule has 15 heavy (non-hydrogen) atoms. The maximum absolute atomic E-state index is 9.57. The van der Waals surface area contributed by atoms with Crippen molar-refractivity contribution in [2.75, 3.05) is 6.54 Å². The molecule has 0 spiro atoms. The molecule has 0 unspecified atom stereocenters. The summed E-state index contributed by atoms with van der Waals surface area (Å²) >= 11 is 1.82. The first kappa shape index (κ1) is 11.1. The van der Waals surface area contributed by atoms with Gasteiger partial charge in [0.05, 0.1) is 6.10 Å². The Labute approximate surface area is 95.1 Å². The monoisotopic (exact) mass is 225 g/mol. The Bertz CT molecular complexity index is 326. The molecular weight excluding hydrogens is 206 g/mol. The lowest BCUT2D eigenvalue weighted by Crippen LogP contribution is -2.39. The van der Waals surface area contributed by atoms with E-state index in [9.17, 15) is 5.11 Å². The Morgan fingerprint density at radius 2 is 2.20 bits per heavy atom. The average molecular weight is 225 g/mol. The van der Waals surface area contributed by atoms with Crippen LogP contribution in [0, 0.1) is 6.92 Å². The van der Waals surface area contributed by atoms with Crippen LogP contribution in [0.1, 0.15) is 36.1 Å². The normalized spacial score (nSPS) is 31.8. The van der Waals surface area contributed by atoms with Crippen LogP contribution in [0.5, 0.6) is 0 Å². The standard InChI is InChI=1S/C12H19NOS/c1-9-4-7-15-11(9)12(8-13)5-2-10(14)3-6-12/h4,7,10,14H,2-3,5-6,8,13H2,1H3. The van der Waals surface area contributed by atoms with Crippen molar-refractivity contribution in [2.24, 2.45) is 5.73 Å². The first-order chi connectivity index (χ1) is 7.18. The van der Waals surface area contributed by atoms with Crippen LogP contribution in [0.3, 0.4) is 0 Å². The summed E-state index contributed by atoms with van der Waals surface area (Å²) in [5.74, 6) is 0. The van der Waals surface area contributed by atoms with Crippen LogP contribution >= 0.6 is 11.3 Å². The molecule has 3 heteroatoms. The second-order valence-corrected chi connectivity index (χ2v) is 5.56. The van der Waals surface area contributed by atoms with Gasteiger partial charge in [-0.25, -0.2) is 0 Å². The second kappa shape index (κ2) is 4.24. The minimum Gasteiger partial charge on any atom is -0.393 e. The largest absolute Gasteiger partial charge is 0.393 e. The molecule has 1 fully saturated rings. The lowest BCUT2D eigenvalue weighted by atomic mass is 9.71. The van der Waals surface area contributed by atoms with Crippen LogP contribution in [0.25, 0.3) is 0 Å². The smallest absolute Gasteiger partial charge is 0.0541 e. The SMILES string of the molecule is Cc1ccsc1C1(CN)CCC(O)CC1. The summed E-state index contributed by atoms with van der Waals surface area (Å²) in [7, 11) is 0. The quantitative estimate of drug-likeness (QED) is 0.810. The topological polar surface area (TPSA) is 46.2 Å². The molecule has 0 bridgehead atoms. The highest BCUT2D eigenvalue weighted by Gasteiger charge is 2.36. The third-order valence-corrected chi connectivity index (χ3v) is 4.91. The van der Waals surface area contributed by atoms with E-state index >= 15 is 0 Å². The highest BCUT2D eigenvalue weighted by molar-refractivity contribution is 7.10. The molecule has 2 rings (SSSR count). The zero-order valence-electron chi connectivity index (χ0n) is 9.20. The lowest BCUT2D eigenvalue weighted by Gasteiger charge is -2.38. The van der Waals surface area contributed by atoms with Crippen LogP contribution in [0.2, 0.25) is 0 Å². The van der Waals surface area contributed by atoms with Gasteiger partial charge >= 0.3 is 0 Å². The van der Waals surface area contributed by atoms with Gasteiger partial charge in [-0.05, 0) is 49.6 Å². The number of aliphatic hydroxyl groups excluding tert-OH is 1. The molecular formula is C12H19NOS. The summed E-state index contributed by atoms with van der Waals surface area (Å²) < 4.78 is 0. The fourth-order valence-corrected chi connectivity index (χ4v) is 3.79. The Morgan fingerprint density at radius 1 is 1.53 bits per heavy atom. The van der Waals surface area contributed by atoms with Crippen molar-refractivity contribution in [1.29, 1.82) is 0 Å². The van der Waals surface area contributed by atoms with Crippen LogP contribution in [0.4, 0.5) is 0 Å². The molecule has 1 aliphatic carbocycles. The molecule has 3 N–H and O–H groups in total. The molecule has 1 saturated carbocycles. The number of hydrogen-bond donors (Lipinski definition) is 2. The van der Waals surface area contributed by atoms with E-state index < -0.39 is 0 Å². The van der Waals surface area contributed by atoms with Crippen molar-refractivity contribution < 1.29 is 5.11 Å². The van der Waals surface area contributed by atoms with Gasteiger partial charge in [-0.2, -0.15) is 0 Å². The Hall–Kier alpha value is -0.380. The van der Waals surface area contributed by atoms with Crippen LogP contribution in [-0.4, -0.2) is 17.8 Å². The molecule has 0 aliphatic heterocycles. The fourth-order valence-electron chi connectivity index (χ4n) is 2.60. The number of thiophene rings is 1. The maximum Gasteiger partial charge on any atom is 0.0541 e. The van der Waals surface area contributed by atoms with E-state index in [1.165, 1.54) is 10.4 Å². The molecule has 1 heterocycles. The van der Waals surface area contributed by atoms with Gasteiger partial charge in [0.25, 0.3) is 0 Å². The van der Waals surface area contributed by atoms with Crippen molar-refractivity contribution in [3.05, 3.63) is 21.9 Å². The predicted molar refractivity (Wildman–Crippen MR) is 64.3 cm³/mol. The Balaban J connectivity index is 2.26. The molecule has 2 nitrogen and oxygen atoms in total. The summed E-state index contributed by atoms with van der Waals surface area (Å²) in [6, 6.07) is 2.17. The summed E-state index contributed by atoms with van der Waals surface area (Å²) in [5.41, 5.74) is 7.48. The van der Waals surface area contributed by atoms with E-state index in [-0.39, 0.29) is 11.5 Å². The minimum atomic E-state index is -0.107. The van der Waals surface area contributed by atoms with Crippen molar-refractivity contribution in [1.82, 2.24) is 0 Å². The zero-order chi connectivity index (χ0) is 10.9. The zero-order valence-corrected chi connectivity index (χ0v) is 10.0. The van der Waals surface area contributed by atoms with E-state index in [0.29, 0.717) is 6.54 Å². The van der Waals surface area contributed by atoms with E-state index in [1.807, 2.05) is 11.3 Å². The molecule has 0 aromatic carbocycles. The molecule has 0 atom stereocenters. The van der Waals surface area contributed by atoms with E-state index in [4.69, 9.17) is 5.73 Å².